The molecule has 3 rings (SSSR count). The van der Waals surface area contributed by atoms with E-state index in [4.69, 9.17) is 0 Å². The first-order chi connectivity index (χ1) is 11.0. The van der Waals surface area contributed by atoms with Gasteiger partial charge in [0.2, 0.25) is 11.8 Å². The third-order valence-electron chi connectivity index (χ3n) is 6.08. The van der Waals surface area contributed by atoms with Crippen molar-refractivity contribution in [2.24, 2.45) is 11.8 Å². The Hall–Kier alpha value is -1.10. The zero-order valence-corrected chi connectivity index (χ0v) is 14.4. The molecule has 3 fully saturated rings. The first-order valence-electron chi connectivity index (χ1n) is 9.36. The van der Waals surface area contributed by atoms with E-state index in [0.29, 0.717) is 17.9 Å². The summed E-state index contributed by atoms with van der Waals surface area (Å²) in [6.45, 7) is 3.88. The zero-order chi connectivity index (χ0) is 16.4. The summed E-state index contributed by atoms with van der Waals surface area (Å²) in [5.74, 6) is 1.61. The molecule has 0 radical (unpaired) electrons. The maximum Gasteiger partial charge on any atom is 0.237 e. The third kappa shape index (κ3) is 4.06. The molecule has 2 saturated carbocycles. The van der Waals surface area contributed by atoms with Gasteiger partial charge < -0.3 is 16.0 Å². The fourth-order valence-corrected chi connectivity index (χ4v) is 4.85. The second-order valence-electron chi connectivity index (χ2n) is 7.91. The molecule has 1 heterocycles. The average Bonchev–Trinajstić information content (AvgIpc) is 2.94. The molecule has 3 N–H and O–H groups in total. The van der Waals surface area contributed by atoms with Gasteiger partial charge in [-0.2, -0.15) is 0 Å². The van der Waals surface area contributed by atoms with E-state index in [9.17, 15) is 9.59 Å². The molecule has 1 saturated heterocycles. The monoisotopic (exact) mass is 321 g/mol. The number of hydrogen-bond acceptors (Lipinski definition) is 3. The Balaban J connectivity index is 1.44. The summed E-state index contributed by atoms with van der Waals surface area (Å²) in [6.07, 6.45) is 8.73. The van der Waals surface area contributed by atoms with Crippen molar-refractivity contribution in [1.29, 1.82) is 0 Å². The maximum absolute atomic E-state index is 12.6. The highest BCUT2D eigenvalue weighted by Gasteiger charge is 2.41. The lowest BCUT2D eigenvalue weighted by atomic mass is 9.78. The van der Waals surface area contributed by atoms with E-state index in [0.717, 1.165) is 32.1 Å². The lowest BCUT2D eigenvalue weighted by Crippen LogP contribution is -2.49. The van der Waals surface area contributed by atoms with Gasteiger partial charge >= 0.3 is 0 Å². The van der Waals surface area contributed by atoms with E-state index in [1.54, 1.807) is 6.92 Å². The van der Waals surface area contributed by atoms with Crippen LogP contribution in [0.5, 0.6) is 0 Å². The molecule has 1 aliphatic heterocycles. The fourth-order valence-electron chi connectivity index (χ4n) is 4.85. The van der Waals surface area contributed by atoms with E-state index < -0.39 is 0 Å². The van der Waals surface area contributed by atoms with Crippen LogP contribution in [0.15, 0.2) is 0 Å². The van der Waals surface area contributed by atoms with Gasteiger partial charge in [0, 0.05) is 25.0 Å². The molecule has 5 nitrogen and oxygen atoms in total. The van der Waals surface area contributed by atoms with Gasteiger partial charge in [-0.25, -0.2) is 0 Å². The Labute approximate surface area is 139 Å². The second-order valence-corrected chi connectivity index (χ2v) is 7.91. The Kier molecular flexibility index (Phi) is 5.24. The molecule has 0 aromatic heterocycles. The van der Waals surface area contributed by atoms with Crippen LogP contribution in [0.4, 0.5) is 0 Å². The van der Waals surface area contributed by atoms with Gasteiger partial charge in [-0.3, -0.25) is 9.59 Å². The topological polar surface area (TPSA) is 70.2 Å². The maximum atomic E-state index is 12.6. The van der Waals surface area contributed by atoms with Crippen LogP contribution in [0.3, 0.4) is 0 Å². The van der Waals surface area contributed by atoms with Gasteiger partial charge in [-0.05, 0) is 56.8 Å². The Morgan fingerprint density at radius 3 is 2.22 bits per heavy atom. The zero-order valence-electron chi connectivity index (χ0n) is 14.4. The van der Waals surface area contributed by atoms with Crippen molar-refractivity contribution >= 4 is 11.8 Å². The predicted molar refractivity (Wildman–Crippen MR) is 89.8 cm³/mol. The highest BCUT2D eigenvalue weighted by atomic mass is 16.2. The summed E-state index contributed by atoms with van der Waals surface area (Å²) >= 11 is 0. The molecular weight excluding hydrogens is 290 g/mol. The van der Waals surface area contributed by atoms with Crippen molar-refractivity contribution in [2.75, 3.05) is 0 Å². The molecule has 4 unspecified atom stereocenters. The van der Waals surface area contributed by atoms with Crippen LogP contribution in [0.1, 0.15) is 65.2 Å². The lowest BCUT2D eigenvalue weighted by molar-refractivity contribution is -0.124. The molecule has 0 bridgehead atoms. The van der Waals surface area contributed by atoms with E-state index in [1.165, 1.54) is 19.3 Å². The quantitative estimate of drug-likeness (QED) is 0.741. The lowest BCUT2D eigenvalue weighted by Gasteiger charge is -2.31. The summed E-state index contributed by atoms with van der Waals surface area (Å²) in [7, 11) is 0. The SMILES string of the molecule is CC(=O)NC1CCC(NC(=O)C2CC3CCCC(C)C3N2)CC1. The highest BCUT2D eigenvalue weighted by molar-refractivity contribution is 5.82. The summed E-state index contributed by atoms with van der Waals surface area (Å²) in [5.41, 5.74) is 0. The molecule has 3 aliphatic rings. The summed E-state index contributed by atoms with van der Waals surface area (Å²) in [5, 5.41) is 9.83. The van der Waals surface area contributed by atoms with E-state index in [2.05, 4.69) is 22.9 Å². The first kappa shape index (κ1) is 16.7. The van der Waals surface area contributed by atoms with Crippen molar-refractivity contribution in [3.8, 4) is 0 Å². The third-order valence-corrected chi connectivity index (χ3v) is 6.08. The van der Waals surface area contributed by atoms with Crippen molar-refractivity contribution in [1.82, 2.24) is 16.0 Å². The summed E-state index contributed by atoms with van der Waals surface area (Å²) < 4.78 is 0. The molecule has 2 aliphatic carbocycles. The molecule has 2 amide bonds. The number of amides is 2. The van der Waals surface area contributed by atoms with E-state index in [1.807, 2.05) is 0 Å². The predicted octanol–water partition coefficient (Wildman–Crippen LogP) is 1.72. The van der Waals surface area contributed by atoms with Crippen LogP contribution in [0.25, 0.3) is 0 Å². The van der Waals surface area contributed by atoms with Crippen LogP contribution in [-0.4, -0.2) is 36.0 Å². The average molecular weight is 321 g/mol. The van der Waals surface area contributed by atoms with Crippen molar-refractivity contribution < 1.29 is 9.59 Å². The number of nitrogens with one attached hydrogen (secondary N) is 3. The standard InChI is InChI=1S/C18H31N3O2/c1-11-4-3-5-13-10-16(21-17(11)13)18(23)20-15-8-6-14(7-9-15)19-12(2)22/h11,13-17,21H,3-10H2,1-2H3,(H,19,22)(H,20,23). The molecule has 0 spiro atoms. The minimum atomic E-state index is -0.00128. The highest BCUT2D eigenvalue weighted by Crippen LogP contribution is 2.36. The van der Waals surface area contributed by atoms with Gasteiger partial charge in [-0.15, -0.1) is 0 Å². The smallest absolute Gasteiger partial charge is 0.237 e. The largest absolute Gasteiger partial charge is 0.354 e. The van der Waals surface area contributed by atoms with Crippen LogP contribution in [0.2, 0.25) is 0 Å². The molecule has 0 aromatic rings. The van der Waals surface area contributed by atoms with E-state index >= 15 is 0 Å². The summed E-state index contributed by atoms with van der Waals surface area (Å²) in [6, 6.07) is 1.09. The Bertz CT molecular complexity index is 446. The van der Waals surface area contributed by atoms with Crippen molar-refractivity contribution in [3.63, 3.8) is 0 Å². The van der Waals surface area contributed by atoms with Crippen LogP contribution < -0.4 is 16.0 Å². The van der Waals surface area contributed by atoms with Crippen LogP contribution in [-0.2, 0) is 9.59 Å². The van der Waals surface area contributed by atoms with E-state index in [-0.39, 0.29) is 29.9 Å². The minimum absolute atomic E-state index is 0.00128. The van der Waals surface area contributed by atoms with Gasteiger partial charge in [0.1, 0.15) is 0 Å². The molecular formula is C18H31N3O2. The number of rotatable bonds is 3. The molecule has 5 heteroatoms. The second kappa shape index (κ2) is 7.20. The molecule has 0 aromatic carbocycles. The molecule has 130 valence electrons. The van der Waals surface area contributed by atoms with Gasteiger partial charge in [-0.1, -0.05) is 13.3 Å². The fraction of sp³-hybridized carbons (Fsp3) is 0.889. The van der Waals surface area contributed by atoms with Crippen LogP contribution in [0, 0.1) is 11.8 Å². The summed E-state index contributed by atoms with van der Waals surface area (Å²) in [4.78, 5) is 23.7. The number of hydrogen-bond donors (Lipinski definition) is 3. The Morgan fingerprint density at radius 2 is 1.61 bits per heavy atom. The first-order valence-corrected chi connectivity index (χ1v) is 9.36. The van der Waals surface area contributed by atoms with Gasteiger partial charge in [0.05, 0.1) is 6.04 Å². The number of carbonyl (C=O) groups is 2. The van der Waals surface area contributed by atoms with Crippen molar-refractivity contribution in [2.45, 2.75) is 89.4 Å². The minimum Gasteiger partial charge on any atom is -0.354 e. The Morgan fingerprint density at radius 1 is 0.957 bits per heavy atom. The van der Waals surface area contributed by atoms with Crippen LogP contribution >= 0.6 is 0 Å². The van der Waals surface area contributed by atoms with Gasteiger partial charge in [0.25, 0.3) is 0 Å². The van der Waals surface area contributed by atoms with Gasteiger partial charge in [0.15, 0.2) is 0 Å². The number of carbonyl (C=O) groups excluding carboxylic acids is 2. The molecule has 4 atom stereocenters. The number of fused-ring (bicyclic) bond motifs is 1. The van der Waals surface area contributed by atoms with Crippen molar-refractivity contribution in [3.05, 3.63) is 0 Å². The normalized spacial score (nSPS) is 40.3. The molecule has 23 heavy (non-hydrogen) atoms.